The summed E-state index contributed by atoms with van der Waals surface area (Å²) < 4.78 is 5.66. The molecule has 0 atom stereocenters. The smallest absolute Gasteiger partial charge is 0.264 e. The molecule has 0 unspecified atom stereocenters. The third kappa shape index (κ3) is 3.15. The van der Waals surface area contributed by atoms with Crippen LogP contribution >= 0.6 is 11.6 Å². The lowest BCUT2D eigenvalue weighted by molar-refractivity contribution is 0.531. The van der Waals surface area contributed by atoms with E-state index in [1.54, 1.807) is 6.92 Å². The highest BCUT2D eigenvalue weighted by Gasteiger charge is 2.20. The van der Waals surface area contributed by atoms with Crippen molar-refractivity contribution in [3.63, 3.8) is 0 Å². The first kappa shape index (κ1) is 16.5. The molecule has 5 heteroatoms. The van der Waals surface area contributed by atoms with Gasteiger partial charge in [0.05, 0.1) is 0 Å². The second-order valence-corrected chi connectivity index (χ2v) is 6.01. The van der Waals surface area contributed by atoms with Crippen molar-refractivity contribution < 1.29 is 4.42 Å². The quantitative estimate of drug-likeness (QED) is 0.584. The van der Waals surface area contributed by atoms with E-state index in [-0.39, 0.29) is 0 Å². The molecule has 0 amide bonds. The minimum Gasteiger partial charge on any atom is -0.420 e. The second-order valence-electron chi connectivity index (χ2n) is 5.57. The minimum absolute atomic E-state index is 0.494. The predicted octanol–water partition coefficient (Wildman–Crippen LogP) is 5.94. The first-order chi connectivity index (χ1) is 11.6. The van der Waals surface area contributed by atoms with Crippen molar-refractivity contribution >= 4 is 28.1 Å². The molecule has 2 aromatic heterocycles. The van der Waals surface area contributed by atoms with Gasteiger partial charge in [-0.2, -0.15) is 0 Å². The Morgan fingerprint density at radius 1 is 1.29 bits per heavy atom. The molecule has 124 valence electrons. The van der Waals surface area contributed by atoms with Crippen LogP contribution in [0.15, 0.2) is 40.8 Å². The number of benzene rings is 1. The van der Waals surface area contributed by atoms with Crippen molar-refractivity contribution in [2.45, 2.75) is 33.6 Å². The standard InChI is InChI=1S/C19H20ClN3O/c1-4-6-7-8-13(5-2)17-15-11-14(20)9-10-16(15)21-18(17)19-23-22-12(3)24-19/h6-11,21H,4-5H2,1-3H3/b7-6-,13-8+. The highest BCUT2D eigenvalue weighted by atomic mass is 35.5. The number of hydrogen-bond donors (Lipinski definition) is 1. The first-order valence-corrected chi connectivity index (χ1v) is 8.49. The van der Waals surface area contributed by atoms with Crippen molar-refractivity contribution in [2.24, 2.45) is 0 Å². The van der Waals surface area contributed by atoms with E-state index in [1.165, 1.54) is 5.57 Å². The van der Waals surface area contributed by atoms with Gasteiger partial charge in [-0.15, -0.1) is 10.2 Å². The zero-order valence-electron chi connectivity index (χ0n) is 14.1. The number of H-pyrrole nitrogens is 1. The molecule has 0 aliphatic rings. The lowest BCUT2D eigenvalue weighted by Crippen LogP contribution is -1.87. The molecule has 0 bridgehead atoms. The topological polar surface area (TPSA) is 54.7 Å². The Kier molecular flexibility index (Phi) is 4.86. The van der Waals surface area contributed by atoms with E-state index < -0.39 is 0 Å². The van der Waals surface area contributed by atoms with Gasteiger partial charge < -0.3 is 9.40 Å². The summed E-state index contributed by atoms with van der Waals surface area (Å²) in [6.45, 7) is 6.04. The van der Waals surface area contributed by atoms with Crippen molar-refractivity contribution in [1.82, 2.24) is 15.2 Å². The SMILES string of the molecule is CC/C=C\C=C(/CC)c1c(-c2nnc(C)o2)[nH]c2ccc(Cl)cc12. The molecule has 3 rings (SSSR count). The van der Waals surface area contributed by atoms with Crippen molar-refractivity contribution in [1.29, 1.82) is 0 Å². The zero-order chi connectivity index (χ0) is 17.1. The van der Waals surface area contributed by atoms with E-state index in [0.29, 0.717) is 16.8 Å². The lowest BCUT2D eigenvalue weighted by atomic mass is 9.99. The van der Waals surface area contributed by atoms with Gasteiger partial charge >= 0.3 is 0 Å². The molecule has 0 fully saturated rings. The van der Waals surface area contributed by atoms with Crippen LogP contribution in [0.3, 0.4) is 0 Å². The molecule has 1 aromatic carbocycles. The average Bonchev–Trinajstić information content (AvgIpc) is 3.15. The Hall–Kier alpha value is -2.33. The molecule has 24 heavy (non-hydrogen) atoms. The number of aromatic nitrogens is 3. The molecular formula is C19H20ClN3O. The number of fused-ring (bicyclic) bond motifs is 1. The minimum atomic E-state index is 0.494. The molecule has 0 radical (unpaired) electrons. The third-order valence-electron chi connectivity index (χ3n) is 3.87. The molecule has 4 nitrogen and oxygen atoms in total. The summed E-state index contributed by atoms with van der Waals surface area (Å²) in [6, 6.07) is 5.82. The number of nitrogens with one attached hydrogen (secondary N) is 1. The van der Waals surface area contributed by atoms with Gasteiger partial charge in [-0.3, -0.25) is 0 Å². The van der Waals surface area contributed by atoms with Crippen LogP contribution in [0.4, 0.5) is 0 Å². The van der Waals surface area contributed by atoms with Crippen LogP contribution in [0.2, 0.25) is 5.02 Å². The Bertz CT molecular complexity index is 918. The van der Waals surface area contributed by atoms with Crippen molar-refractivity contribution in [3.05, 3.63) is 52.9 Å². The van der Waals surface area contributed by atoms with Crippen LogP contribution in [0.5, 0.6) is 0 Å². The number of aromatic amines is 1. The predicted molar refractivity (Wildman–Crippen MR) is 99.0 cm³/mol. The maximum Gasteiger partial charge on any atom is 0.264 e. The fraction of sp³-hybridized carbons (Fsp3) is 0.263. The van der Waals surface area contributed by atoms with Gasteiger partial charge in [0.1, 0.15) is 5.69 Å². The van der Waals surface area contributed by atoms with Crippen LogP contribution in [0, 0.1) is 6.92 Å². The number of rotatable bonds is 5. The number of nitrogens with zero attached hydrogens (tertiary/aromatic N) is 2. The van der Waals surface area contributed by atoms with E-state index in [2.05, 4.69) is 47.3 Å². The van der Waals surface area contributed by atoms with Gasteiger partial charge in [0.2, 0.25) is 5.89 Å². The van der Waals surface area contributed by atoms with Crippen LogP contribution in [0.25, 0.3) is 28.1 Å². The summed E-state index contributed by atoms with van der Waals surface area (Å²) in [5.74, 6) is 1.04. The maximum absolute atomic E-state index is 6.23. The molecule has 0 saturated heterocycles. The number of hydrogen-bond acceptors (Lipinski definition) is 3. The van der Waals surface area contributed by atoms with E-state index in [0.717, 1.165) is 35.0 Å². The summed E-state index contributed by atoms with van der Waals surface area (Å²) in [6.07, 6.45) is 8.25. The summed E-state index contributed by atoms with van der Waals surface area (Å²) in [5, 5.41) is 9.90. The first-order valence-electron chi connectivity index (χ1n) is 8.11. The van der Waals surface area contributed by atoms with Gasteiger partial charge in [-0.25, -0.2) is 0 Å². The van der Waals surface area contributed by atoms with Crippen LogP contribution < -0.4 is 0 Å². The van der Waals surface area contributed by atoms with Gasteiger partial charge in [0.25, 0.3) is 5.89 Å². The number of aryl methyl sites for hydroxylation is 1. The van der Waals surface area contributed by atoms with E-state index in [1.807, 2.05) is 18.2 Å². The zero-order valence-corrected chi connectivity index (χ0v) is 14.8. The third-order valence-corrected chi connectivity index (χ3v) is 4.11. The summed E-state index contributed by atoms with van der Waals surface area (Å²) >= 11 is 6.23. The van der Waals surface area contributed by atoms with Gasteiger partial charge in [-0.05, 0) is 36.6 Å². The number of allylic oxidation sites excluding steroid dienone is 4. The Labute approximate surface area is 146 Å². The highest BCUT2D eigenvalue weighted by Crippen LogP contribution is 2.37. The Balaban J connectivity index is 2.27. The fourth-order valence-electron chi connectivity index (χ4n) is 2.75. The van der Waals surface area contributed by atoms with Crippen molar-refractivity contribution in [2.75, 3.05) is 0 Å². The van der Waals surface area contributed by atoms with Gasteiger partial charge in [0, 0.05) is 28.4 Å². The molecule has 0 saturated carbocycles. The highest BCUT2D eigenvalue weighted by molar-refractivity contribution is 6.31. The molecule has 0 spiro atoms. The molecule has 1 N–H and O–H groups in total. The number of halogens is 1. The van der Waals surface area contributed by atoms with E-state index >= 15 is 0 Å². The largest absolute Gasteiger partial charge is 0.420 e. The van der Waals surface area contributed by atoms with Crippen molar-refractivity contribution in [3.8, 4) is 11.6 Å². The Morgan fingerprint density at radius 2 is 2.12 bits per heavy atom. The van der Waals surface area contributed by atoms with E-state index in [9.17, 15) is 0 Å². The summed E-state index contributed by atoms with van der Waals surface area (Å²) in [5.41, 5.74) is 4.10. The average molecular weight is 342 g/mol. The van der Waals surface area contributed by atoms with E-state index in [4.69, 9.17) is 16.0 Å². The molecule has 3 aromatic rings. The molecular weight excluding hydrogens is 322 g/mol. The van der Waals surface area contributed by atoms with Crippen LogP contribution in [-0.4, -0.2) is 15.2 Å². The van der Waals surface area contributed by atoms with Gasteiger partial charge in [0.15, 0.2) is 0 Å². The van der Waals surface area contributed by atoms with Crippen LogP contribution in [0.1, 0.15) is 38.1 Å². The maximum atomic E-state index is 6.23. The Morgan fingerprint density at radius 3 is 2.79 bits per heavy atom. The summed E-state index contributed by atoms with van der Waals surface area (Å²) in [4.78, 5) is 3.41. The monoisotopic (exact) mass is 341 g/mol. The molecule has 0 aliphatic carbocycles. The molecule has 0 aliphatic heterocycles. The van der Waals surface area contributed by atoms with Gasteiger partial charge in [-0.1, -0.05) is 43.7 Å². The normalized spacial score (nSPS) is 12.6. The second kappa shape index (κ2) is 7.05. The fourth-order valence-corrected chi connectivity index (χ4v) is 2.93. The molecule has 2 heterocycles. The summed E-state index contributed by atoms with van der Waals surface area (Å²) in [7, 11) is 0. The van der Waals surface area contributed by atoms with Crippen LogP contribution in [-0.2, 0) is 0 Å². The lowest BCUT2D eigenvalue weighted by Gasteiger charge is -2.05.